The van der Waals surface area contributed by atoms with Crippen LogP contribution in [0.2, 0.25) is 0 Å². The molecule has 0 aliphatic carbocycles. The number of benzene rings is 2. The van der Waals surface area contributed by atoms with Gasteiger partial charge in [-0.2, -0.15) is 5.10 Å². The second-order valence-electron chi connectivity index (χ2n) is 7.26. The van der Waals surface area contributed by atoms with Gasteiger partial charge < -0.3 is 0 Å². The summed E-state index contributed by atoms with van der Waals surface area (Å²) in [6.45, 7) is 7.09. The number of fused-ring (bicyclic) bond motifs is 1. The lowest BCUT2D eigenvalue weighted by Crippen LogP contribution is -1.96. The fourth-order valence-corrected chi connectivity index (χ4v) is 4.17. The number of H-pyrrole nitrogens is 1. The molecule has 8 nitrogen and oxygen atoms in total. The molecule has 5 rings (SSSR count). The van der Waals surface area contributed by atoms with Crippen molar-refractivity contribution >= 4 is 63.8 Å². The van der Waals surface area contributed by atoms with Crippen LogP contribution >= 0.6 is 37.2 Å². The van der Waals surface area contributed by atoms with Crippen LogP contribution in [0.1, 0.15) is 0 Å². The van der Waals surface area contributed by atoms with Gasteiger partial charge in [0, 0.05) is 23.6 Å². The maximum absolute atomic E-state index is 11.8. The Morgan fingerprint density at radius 1 is 0.914 bits per heavy atom. The first-order valence-electron chi connectivity index (χ1n) is 9.59. The number of halogens is 3. The molecular formula is C23H19Cl3N6O2S. The summed E-state index contributed by atoms with van der Waals surface area (Å²) in [5.41, 5.74) is 5.57. The van der Waals surface area contributed by atoms with Crippen molar-refractivity contribution < 1.29 is 8.42 Å². The van der Waals surface area contributed by atoms with E-state index in [0.29, 0.717) is 11.5 Å². The maximum Gasteiger partial charge on any atom is 0.205 e. The molecule has 2 aromatic carbocycles. The first-order valence-corrected chi connectivity index (χ1v) is 11.5. The molecule has 180 valence electrons. The molecule has 0 bridgehead atoms. The number of pyridine rings is 1. The fourth-order valence-electron chi connectivity index (χ4n) is 3.54. The molecule has 1 N–H and O–H groups in total. The molecule has 0 amide bonds. The molecule has 35 heavy (non-hydrogen) atoms. The van der Waals surface area contributed by atoms with E-state index in [2.05, 4.69) is 25.0 Å². The normalized spacial score (nSPS) is 10.5. The number of nitrogens with one attached hydrogen (secondary N) is 1. The standard InChI is InChI=1S/C23H16N6O2S.3ClH/c1-24-17-6-10-22(25-12-17)29-14-26-20-9-5-16(11-21(20)29)19-13-27-28-23(19)15-3-7-18(8-4-15)32(2,30)31;;;/h3-14H,2H3,(H,27,28);3*1H. The second-order valence-corrected chi connectivity index (χ2v) is 9.28. The van der Waals surface area contributed by atoms with Crippen LogP contribution in [-0.2, 0) is 9.84 Å². The van der Waals surface area contributed by atoms with E-state index in [1.54, 1.807) is 48.9 Å². The molecule has 0 unspecified atom stereocenters. The first kappa shape index (κ1) is 27.8. The van der Waals surface area contributed by atoms with Crippen LogP contribution in [0.25, 0.3) is 44.1 Å². The van der Waals surface area contributed by atoms with Gasteiger partial charge in [-0.3, -0.25) is 14.6 Å². The summed E-state index contributed by atoms with van der Waals surface area (Å²) in [6, 6.07) is 16.1. The van der Waals surface area contributed by atoms with Gasteiger partial charge in [-0.25, -0.2) is 18.2 Å². The SMILES string of the molecule is Cl.Cl.Cl.[C-]#[N+]c1ccc(-n2cnc3ccc(-c4cn[nH]c4-c4ccc(S(C)(=O)=O)cc4)cc32)nc1. The minimum atomic E-state index is -3.26. The van der Waals surface area contributed by atoms with Gasteiger partial charge in [0.15, 0.2) is 9.84 Å². The summed E-state index contributed by atoms with van der Waals surface area (Å²) >= 11 is 0. The third kappa shape index (κ3) is 5.31. The Labute approximate surface area is 220 Å². The quantitative estimate of drug-likeness (QED) is 0.290. The summed E-state index contributed by atoms with van der Waals surface area (Å²) in [5.74, 6) is 0.667. The number of imidazole rings is 1. The lowest BCUT2D eigenvalue weighted by Gasteiger charge is -2.07. The first-order chi connectivity index (χ1) is 15.4. The Kier molecular flexibility index (Phi) is 8.65. The van der Waals surface area contributed by atoms with Crippen LogP contribution in [0.3, 0.4) is 0 Å². The van der Waals surface area contributed by atoms with E-state index < -0.39 is 9.84 Å². The largest absolute Gasteiger partial charge is 0.283 e. The average molecular weight is 550 g/mol. The monoisotopic (exact) mass is 548 g/mol. The van der Waals surface area contributed by atoms with E-state index in [-0.39, 0.29) is 42.1 Å². The van der Waals surface area contributed by atoms with Crippen molar-refractivity contribution in [2.24, 2.45) is 0 Å². The molecule has 0 fully saturated rings. The number of sulfone groups is 1. The highest BCUT2D eigenvalue weighted by Gasteiger charge is 2.14. The highest BCUT2D eigenvalue weighted by Crippen LogP contribution is 2.32. The van der Waals surface area contributed by atoms with Gasteiger partial charge in [0.05, 0.1) is 34.4 Å². The van der Waals surface area contributed by atoms with Crippen molar-refractivity contribution in [3.8, 4) is 28.2 Å². The number of aromatic nitrogens is 5. The Morgan fingerprint density at radius 2 is 1.63 bits per heavy atom. The number of rotatable bonds is 4. The van der Waals surface area contributed by atoms with Crippen molar-refractivity contribution in [2.75, 3.05) is 6.26 Å². The summed E-state index contributed by atoms with van der Waals surface area (Å²) in [7, 11) is -3.26. The highest BCUT2D eigenvalue weighted by molar-refractivity contribution is 7.90. The van der Waals surface area contributed by atoms with E-state index in [0.717, 1.165) is 33.4 Å². The molecule has 12 heteroatoms. The van der Waals surface area contributed by atoms with Gasteiger partial charge in [0.1, 0.15) is 12.1 Å². The minimum absolute atomic E-state index is 0. The van der Waals surface area contributed by atoms with Gasteiger partial charge in [0.25, 0.3) is 0 Å². The second kappa shape index (κ2) is 10.9. The third-order valence-corrected chi connectivity index (χ3v) is 6.31. The number of nitrogens with zero attached hydrogens (tertiary/aromatic N) is 5. The number of hydrogen-bond acceptors (Lipinski definition) is 5. The zero-order valence-corrected chi connectivity index (χ0v) is 21.4. The van der Waals surface area contributed by atoms with E-state index in [9.17, 15) is 8.42 Å². The van der Waals surface area contributed by atoms with Gasteiger partial charge in [0.2, 0.25) is 5.69 Å². The average Bonchev–Trinajstić information content (AvgIpc) is 3.45. The van der Waals surface area contributed by atoms with Crippen molar-refractivity contribution in [2.45, 2.75) is 4.90 Å². The molecule has 0 aliphatic rings. The van der Waals surface area contributed by atoms with E-state index >= 15 is 0 Å². The van der Waals surface area contributed by atoms with Gasteiger partial charge in [-0.05, 0) is 35.9 Å². The van der Waals surface area contributed by atoms with Crippen LogP contribution in [-0.4, -0.2) is 39.4 Å². The molecule has 0 aliphatic heterocycles. The van der Waals surface area contributed by atoms with Crippen molar-refractivity contribution in [3.63, 3.8) is 0 Å². The Balaban J connectivity index is 0.00000144. The summed E-state index contributed by atoms with van der Waals surface area (Å²) in [6.07, 6.45) is 6.16. The molecule has 3 heterocycles. The van der Waals surface area contributed by atoms with Crippen LogP contribution < -0.4 is 0 Å². The van der Waals surface area contributed by atoms with Gasteiger partial charge >= 0.3 is 0 Å². The van der Waals surface area contributed by atoms with Crippen LogP contribution in [0.5, 0.6) is 0 Å². The zero-order chi connectivity index (χ0) is 22.3. The summed E-state index contributed by atoms with van der Waals surface area (Å²) in [5, 5.41) is 7.22. The third-order valence-electron chi connectivity index (χ3n) is 5.18. The van der Waals surface area contributed by atoms with Crippen LogP contribution in [0, 0.1) is 6.57 Å². The topological polar surface area (TPSA) is 97.9 Å². The highest BCUT2D eigenvalue weighted by atomic mass is 35.5. The lowest BCUT2D eigenvalue weighted by atomic mass is 10.0. The smallest absolute Gasteiger partial charge is 0.205 e. The fraction of sp³-hybridized carbons (Fsp3) is 0.0435. The Morgan fingerprint density at radius 3 is 2.26 bits per heavy atom. The molecule has 0 saturated heterocycles. The van der Waals surface area contributed by atoms with Gasteiger partial charge in [-0.15, -0.1) is 37.2 Å². The Hall–Kier alpha value is -3.42. The van der Waals surface area contributed by atoms with Crippen molar-refractivity contribution in [1.82, 2.24) is 24.7 Å². The summed E-state index contributed by atoms with van der Waals surface area (Å²) in [4.78, 5) is 12.5. The summed E-state index contributed by atoms with van der Waals surface area (Å²) < 4.78 is 25.4. The van der Waals surface area contributed by atoms with E-state index in [1.807, 2.05) is 22.8 Å². The maximum atomic E-state index is 11.8. The number of hydrogen-bond donors (Lipinski definition) is 1. The van der Waals surface area contributed by atoms with Crippen molar-refractivity contribution in [1.29, 1.82) is 0 Å². The van der Waals surface area contributed by atoms with Crippen LogP contribution in [0.15, 0.2) is 78.2 Å². The van der Waals surface area contributed by atoms with Crippen LogP contribution in [0.4, 0.5) is 5.69 Å². The zero-order valence-electron chi connectivity index (χ0n) is 18.1. The molecular weight excluding hydrogens is 531 g/mol. The molecule has 0 atom stereocenters. The molecule has 5 aromatic rings. The minimum Gasteiger partial charge on any atom is -0.283 e. The predicted octanol–water partition coefficient (Wildman–Crippen LogP) is 5.70. The lowest BCUT2D eigenvalue weighted by molar-refractivity contribution is 0.602. The van der Waals surface area contributed by atoms with E-state index in [1.165, 1.54) is 12.5 Å². The number of aromatic amines is 1. The molecule has 0 spiro atoms. The van der Waals surface area contributed by atoms with Crippen molar-refractivity contribution in [3.05, 3.63) is 84.7 Å². The Bertz CT molecular complexity index is 1610. The van der Waals surface area contributed by atoms with Gasteiger partial charge in [-0.1, -0.05) is 24.3 Å². The van der Waals surface area contributed by atoms with E-state index in [4.69, 9.17) is 6.57 Å². The predicted molar refractivity (Wildman–Crippen MR) is 143 cm³/mol. The molecule has 0 saturated carbocycles. The molecule has 3 aromatic heterocycles. The molecule has 0 radical (unpaired) electrons.